The Labute approximate surface area is 84.2 Å². The fourth-order valence-corrected chi connectivity index (χ4v) is 1.78. The van der Waals surface area contributed by atoms with Crippen LogP contribution in [0.2, 0.25) is 0 Å². The van der Waals surface area contributed by atoms with Crippen molar-refractivity contribution in [3.8, 4) is 0 Å². The first-order valence-electron chi connectivity index (χ1n) is 4.83. The Balaban J connectivity index is 2.76. The van der Waals surface area contributed by atoms with Crippen LogP contribution in [0.3, 0.4) is 0 Å². The number of allylic oxidation sites excluding steroid dienone is 1. The molecule has 1 fully saturated rings. The molecule has 0 aromatic heterocycles. The van der Waals surface area contributed by atoms with Crippen LogP contribution in [0.1, 0.15) is 26.7 Å². The number of hydrogen-bond acceptors (Lipinski definition) is 2. The Morgan fingerprint density at radius 3 is 2.86 bits per heavy atom. The van der Waals surface area contributed by atoms with Crippen molar-refractivity contribution < 1.29 is 4.79 Å². The number of hydrogen-bond donors (Lipinski definition) is 2. The first-order valence-corrected chi connectivity index (χ1v) is 4.83. The smallest absolute Gasteiger partial charge is 0.332 e. The molecule has 0 radical (unpaired) electrons. The van der Waals surface area contributed by atoms with Gasteiger partial charge in [0.1, 0.15) is 0 Å². The lowest BCUT2D eigenvalue weighted by atomic mass is 9.93. The lowest BCUT2D eigenvalue weighted by Crippen LogP contribution is -2.27. The summed E-state index contributed by atoms with van der Waals surface area (Å²) in [5.74, 6) is 0.914. The highest BCUT2D eigenvalue weighted by Gasteiger charge is 2.28. The van der Waals surface area contributed by atoms with E-state index in [1.807, 2.05) is 0 Å². The number of urea groups is 1. The highest BCUT2D eigenvalue weighted by atomic mass is 16.2. The number of rotatable bonds is 2. The summed E-state index contributed by atoms with van der Waals surface area (Å²) in [5, 5.41) is 4.00. The van der Waals surface area contributed by atoms with Gasteiger partial charge in [-0.1, -0.05) is 20.4 Å². The third-order valence-corrected chi connectivity index (χ3v) is 2.56. The van der Waals surface area contributed by atoms with Crippen LogP contribution in [-0.2, 0) is 0 Å². The first kappa shape index (κ1) is 10.8. The zero-order valence-corrected chi connectivity index (χ0v) is 8.71. The first-order chi connectivity index (χ1) is 6.52. The summed E-state index contributed by atoms with van der Waals surface area (Å²) >= 11 is 0. The number of carbonyl (C=O) groups is 1. The molecular weight excluding hydrogens is 178 g/mol. The third kappa shape index (κ3) is 2.34. The van der Waals surface area contributed by atoms with Crippen molar-refractivity contribution in [2.45, 2.75) is 26.7 Å². The molecule has 78 valence electrons. The average molecular weight is 195 g/mol. The van der Waals surface area contributed by atoms with Crippen molar-refractivity contribution in [3.63, 3.8) is 0 Å². The van der Waals surface area contributed by atoms with Crippen molar-refractivity contribution in [3.05, 3.63) is 12.2 Å². The van der Waals surface area contributed by atoms with Crippen LogP contribution in [0.15, 0.2) is 17.3 Å². The minimum absolute atomic E-state index is 0.398. The van der Waals surface area contributed by atoms with Crippen LogP contribution < -0.4 is 11.2 Å². The molecule has 0 aliphatic heterocycles. The largest absolute Gasteiger partial charge is 0.350 e. The maximum atomic E-state index is 10.5. The molecule has 1 saturated carbocycles. The molecule has 4 nitrogen and oxygen atoms in total. The average Bonchev–Trinajstić information content (AvgIpc) is 2.43. The Morgan fingerprint density at radius 2 is 2.36 bits per heavy atom. The molecule has 14 heavy (non-hydrogen) atoms. The van der Waals surface area contributed by atoms with Crippen LogP contribution >= 0.6 is 0 Å². The van der Waals surface area contributed by atoms with Crippen molar-refractivity contribution in [2.75, 3.05) is 0 Å². The van der Waals surface area contributed by atoms with Gasteiger partial charge in [-0.15, -0.1) is 0 Å². The Kier molecular flexibility index (Phi) is 3.28. The molecule has 1 atom stereocenters. The number of carbonyl (C=O) groups excluding carboxylic acids is 1. The van der Waals surface area contributed by atoms with Gasteiger partial charge >= 0.3 is 6.03 Å². The summed E-state index contributed by atoms with van der Waals surface area (Å²) in [6.45, 7) is 8.21. The maximum absolute atomic E-state index is 10.5. The Hall–Kier alpha value is -1.32. The van der Waals surface area contributed by atoms with Gasteiger partial charge in [0, 0.05) is 5.92 Å². The van der Waals surface area contributed by atoms with E-state index in [0.29, 0.717) is 11.8 Å². The van der Waals surface area contributed by atoms with Crippen molar-refractivity contribution in [1.82, 2.24) is 5.43 Å². The number of nitrogens with two attached hydrogens (primary N) is 1. The van der Waals surface area contributed by atoms with Gasteiger partial charge < -0.3 is 5.73 Å². The van der Waals surface area contributed by atoms with Gasteiger partial charge in [0.05, 0.1) is 5.71 Å². The van der Waals surface area contributed by atoms with Gasteiger partial charge in [-0.3, -0.25) is 0 Å². The van der Waals surface area contributed by atoms with Gasteiger partial charge in [0.2, 0.25) is 0 Å². The predicted molar refractivity (Wildman–Crippen MR) is 56.9 cm³/mol. The molecule has 0 aromatic rings. The van der Waals surface area contributed by atoms with Crippen LogP contribution in [0, 0.1) is 11.8 Å². The Bertz CT molecular complexity index is 281. The third-order valence-electron chi connectivity index (χ3n) is 2.56. The van der Waals surface area contributed by atoms with Crippen LogP contribution in [0.5, 0.6) is 0 Å². The molecule has 0 spiro atoms. The van der Waals surface area contributed by atoms with Gasteiger partial charge in [-0.25, -0.2) is 10.2 Å². The molecule has 1 rings (SSSR count). The van der Waals surface area contributed by atoms with E-state index in [-0.39, 0.29) is 0 Å². The van der Waals surface area contributed by atoms with E-state index >= 15 is 0 Å². The monoisotopic (exact) mass is 195 g/mol. The fourth-order valence-electron chi connectivity index (χ4n) is 1.78. The van der Waals surface area contributed by atoms with E-state index in [1.165, 1.54) is 0 Å². The summed E-state index contributed by atoms with van der Waals surface area (Å²) < 4.78 is 0. The van der Waals surface area contributed by atoms with E-state index in [9.17, 15) is 4.79 Å². The normalized spacial score (nSPS) is 24.6. The lowest BCUT2D eigenvalue weighted by Gasteiger charge is -2.14. The lowest BCUT2D eigenvalue weighted by molar-refractivity contribution is 0.249. The summed E-state index contributed by atoms with van der Waals surface area (Å²) in [6, 6.07) is -0.625. The number of nitrogens with one attached hydrogen (secondary N) is 1. The molecule has 3 N–H and O–H groups in total. The summed E-state index contributed by atoms with van der Waals surface area (Å²) in [5.41, 5.74) is 9.13. The molecule has 0 saturated heterocycles. The molecule has 0 heterocycles. The summed E-state index contributed by atoms with van der Waals surface area (Å²) in [7, 11) is 0. The zero-order chi connectivity index (χ0) is 10.7. The highest BCUT2D eigenvalue weighted by Crippen LogP contribution is 2.31. The molecule has 1 unspecified atom stereocenters. The summed E-state index contributed by atoms with van der Waals surface area (Å²) in [6.07, 6.45) is 2.03. The van der Waals surface area contributed by atoms with E-state index in [1.54, 1.807) is 0 Å². The molecule has 1 aliphatic rings. The van der Waals surface area contributed by atoms with E-state index < -0.39 is 6.03 Å². The second-order valence-corrected chi connectivity index (χ2v) is 3.97. The van der Waals surface area contributed by atoms with Crippen molar-refractivity contribution in [2.24, 2.45) is 22.7 Å². The highest BCUT2D eigenvalue weighted by molar-refractivity contribution is 6.03. The second kappa shape index (κ2) is 4.26. The molecule has 2 amide bonds. The SMILES string of the molecule is C=C1CCC(C(C)C)/C1=N/NC(N)=O. The van der Waals surface area contributed by atoms with Crippen molar-refractivity contribution >= 4 is 11.7 Å². The molecule has 0 bridgehead atoms. The molecule has 4 heteroatoms. The predicted octanol–water partition coefficient (Wildman–Crippen LogP) is 1.63. The van der Waals surface area contributed by atoms with Gasteiger partial charge in [-0.05, 0) is 24.3 Å². The maximum Gasteiger partial charge on any atom is 0.332 e. The quantitative estimate of drug-likeness (QED) is 0.646. The van der Waals surface area contributed by atoms with Crippen LogP contribution in [-0.4, -0.2) is 11.7 Å². The van der Waals surface area contributed by atoms with Gasteiger partial charge in [0.25, 0.3) is 0 Å². The zero-order valence-electron chi connectivity index (χ0n) is 8.71. The summed E-state index contributed by atoms with van der Waals surface area (Å²) in [4.78, 5) is 10.5. The minimum atomic E-state index is -0.625. The minimum Gasteiger partial charge on any atom is -0.350 e. The standard InChI is InChI=1S/C10H17N3O/c1-6(2)8-5-4-7(3)9(8)12-13-10(11)14/h6,8H,3-5H2,1-2H3,(H3,11,13,14)/b12-9+. The van der Waals surface area contributed by atoms with Crippen LogP contribution in [0.25, 0.3) is 0 Å². The van der Waals surface area contributed by atoms with E-state index in [0.717, 1.165) is 24.1 Å². The number of amides is 2. The number of primary amides is 1. The number of nitrogens with zero attached hydrogens (tertiary/aromatic N) is 1. The topological polar surface area (TPSA) is 67.5 Å². The molecule has 1 aliphatic carbocycles. The second-order valence-electron chi connectivity index (χ2n) is 3.97. The van der Waals surface area contributed by atoms with Gasteiger partial charge in [0.15, 0.2) is 0 Å². The van der Waals surface area contributed by atoms with E-state index in [2.05, 4.69) is 31.0 Å². The van der Waals surface area contributed by atoms with E-state index in [4.69, 9.17) is 5.73 Å². The molecular formula is C10H17N3O. The number of hydrazone groups is 1. The molecule has 0 aromatic carbocycles. The van der Waals surface area contributed by atoms with Gasteiger partial charge in [-0.2, -0.15) is 5.10 Å². The fraction of sp³-hybridized carbons (Fsp3) is 0.600. The van der Waals surface area contributed by atoms with Crippen molar-refractivity contribution in [1.29, 1.82) is 0 Å². The van der Waals surface area contributed by atoms with Crippen LogP contribution in [0.4, 0.5) is 4.79 Å². The Morgan fingerprint density at radius 1 is 1.71 bits per heavy atom.